The smallest absolute Gasteiger partial charge is 0.159 e. The fourth-order valence-corrected chi connectivity index (χ4v) is 2.11. The largest absolute Gasteiger partial charge is 0.378 e. The average Bonchev–Trinajstić information content (AvgIpc) is 2.30. The molecule has 1 saturated heterocycles. The van der Waals surface area contributed by atoms with Crippen LogP contribution in [0.3, 0.4) is 0 Å². The molecule has 1 atom stereocenters. The van der Waals surface area contributed by atoms with E-state index in [4.69, 9.17) is 10.5 Å². The number of alkyl halides is 1. The second kappa shape index (κ2) is 4.29. The maximum Gasteiger partial charge on any atom is 0.159 e. The summed E-state index contributed by atoms with van der Waals surface area (Å²) in [5.74, 6) is 0. The van der Waals surface area contributed by atoms with Crippen LogP contribution in [0.2, 0.25) is 0 Å². The Bertz CT molecular complexity index is 334. The van der Waals surface area contributed by atoms with Crippen LogP contribution >= 0.6 is 0 Å². The Hall–Kier alpha value is -0.930. The van der Waals surface area contributed by atoms with E-state index in [0.717, 1.165) is 12.0 Å². The van der Waals surface area contributed by atoms with Gasteiger partial charge in [-0.2, -0.15) is 0 Å². The molecule has 1 aliphatic rings. The number of rotatable bonds is 2. The summed E-state index contributed by atoms with van der Waals surface area (Å²) in [5.41, 5.74) is 5.85. The van der Waals surface area contributed by atoms with Gasteiger partial charge >= 0.3 is 0 Å². The minimum Gasteiger partial charge on any atom is -0.378 e. The van der Waals surface area contributed by atoms with Gasteiger partial charge in [-0.25, -0.2) is 4.39 Å². The van der Waals surface area contributed by atoms with Crippen LogP contribution in [0, 0.1) is 0 Å². The van der Waals surface area contributed by atoms with Gasteiger partial charge in [-0.05, 0) is 24.0 Å². The summed E-state index contributed by atoms with van der Waals surface area (Å²) in [6, 6.07) is 7.44. The first-order valence-corrected chi connectivity index (χ1v) is 5.31. The highest BCUT2D eigenvalue weighted by Crippen LogP contribution is 2.36. The molecule has 0 bridgehead atoms. The van der Waals surface area contributed by atoms with Gasteiger partial charge < -0.3 is 10.5 Å². The van der Waals surface area contributed by atoms with Gasteiger partial charge in [0, 0.05) is 13.2 Å². The van der Waals surface area contributed by atoms with Crippen LogP contribution in [0.25, 0.3) is 0 Å². The van der Waals surface area contributed by atoms with E-state index in [1.54, 1.807) is 0 Å². The normalized spacial score (nSPS) is 26.5. The van der Waals surface area contributed by atoms with Gasteiger partial charge in [-0.15, -0.1) is 0 Å². The summed E-state index contributed by atoms with van der Waals surface area (Å²) >= 11 is 0. The summed E-state index contributed by atoms with van der Waals surface area (Å²) in [5, 5.41) is 0. The lowest BCUT2D eigenvalue weighted by Crippen LogP contribution is -2.32. The van der Waals surface area contributed by atoms with Crippen molar-refractivity contribution in [2.45, 2.75) is 25.1 Å². The van der Waals surface area contributed by atoms with Crippen LogP contribution in [0.15, 0.2) is 24.3 Å². The average molecular weight is 209 g/mol. The monoisotopic (exact) mass is 209 g/mol. The van der Waals surface area contributed by atoms with Gasteiger partial charge in [0.05, 0.1) is 6.61 Å². The van der Waals surface area contributed by atoms with Crippen molar-refractivity contribution in [3.63, 3.8) is 0 Å². The highest BCUT2D eigenvalue weighted by molar-refractivity contribution is 5.32. The SMILES string of the molecule is NCc1ccccc1C1(F)CCCOC1. The summed E-state index contributed by atoms with van der Waals surface area (Å²) in [7, 11) is 0. The molecular formula is C12H16FNO. The van der Waals surface area contributed by atoms with Crippen molar-refractivity contribution in [1.82, 2.24) is 0 Å². The van der Waals surface area contributed by atoms with Gasteiger partial charge in [0.1, 0.15) is 0 Å². The van der Waals surface area contributed by atoms with Crippen molar-refractivity contribution in [2.24, 2.45) is 5.73 Å². The van der Waals surface area contributed by atoms with Crippen LogP contribution in [0.5, 0.6) is 0 Å². The molecule has 1 aromatic carbocycles. The maximum atomic E-state index is 14.6. The molecule has 15 heavy (non-hydrogen) atoms. The molecule has 0 aromatic heterocycles. The second-order valence-corrected chi connectivity index (χ2v) is 3.98. The Morgan fingerprint density at radius 3 is 2.87 bits per heavy atom. The zero-order chi connectivity index (χ0) is 10.7. The fourth-order valence-electron chi connectivity index (χ4n) is 2.11. The molecule has 1 aliphatic heterocycles. The van der Waals surface area contributed by atoms with E-state index in [0.29, 0.717) is 25.1 Å². The highest BCUT2D eigenvalue weighted by Gasteiger charge is 2.35. The third-order valence-electron chi connectivity index (χ3n) is 2.91. The number of halogens is 1. The molecule has 3 heteroatoms. The quantitative estimate of drug-likeness (QED) is 0.809. The van der Waals surface area contributed by atoms with Crippen molar-refractivity contribution in [3.05, 3.63) is 35.4 Å². The van der Waals surface area contributed by atoms with E-state index < -0.39 is 5.67 Å². The minimum absolute atomic E-state index is 0.157. The first-order valence-electron chi connectivity index (χ1n) is 5.31. The Morgan fingerprint density at radius 2 is 2.20 bits per heavy atom. The summed E-state index contributed by atoms with van der Waals surface area (Å²) in [4.78, 5) is 0. The molecule has 1 aromatic rings. The second-order valence-electron chi connectivity index (χ2n) is 3.98. The molecule has 2 rings (SSSR count). The van der Waals surface area contributed by atoms with E-state index in [-0.39, 0.29) is 6.61 Å². The van der Waals surface area contributed by atoms with Crippen LogP contribution < -0.4 is 5.73 Å². The molecule has 0 aliphatic carbocycles. The molecule has 0 spiro atoms. The van der Waals surface area contributed by atoms with Crippen molar-refractivity contribution in [3.8, 4) is 0 Å². The lowest BCUT2D eigenvalue weighted by Gasteiger charge is -2.31. The fraction of sp³-hybridized carbons (Fsp3) is 0.500. The summed E-state index contributed by atoms with van der Waals surface area (Å²) in [6.07, 6.45) is 1.30. The number of ether oxygens (including phenoxy) is 1. The zero-order valence-electron chi connectivity index (χ0n) is 8.71. The van der Waals surface area contributed by atoms with Crippen LogP contribution in [0.1, 0.15) is 24.0 Å². The first kappa shape index (κ1) is 10.6. The molecule has 1 heterocycles. The topological polar surface area (TPSA) is 35.2 Å². The van der Waals surface area contributed by atoms with Crippen LogP contribution in [-0.4, -0.2) is 13.2 Å². The van der Waals surface area contributed by atoms with Gasteiger partial charge in [0.25, 0.3) is 0 Å². The summed E-state index contributed by atoms with van der Waals surface area (Å²) < 4.78 is 19.8. The van der Waals surface area contributed by atoms with E-state index in [1.807, 2.05) is 24.3 Å². The molecule has 1 fully saturated rings. The molecule has 82 valence electrons. The Morgan fingerprint density at radius 1 is 1.40 bits per heavy atom. The minimum atomic E-state index is -1.34. The predicted molar refractivity (Wildman–Crippen MR) is 57.2 cm³/mol. The number of hydrogen-bond donors (Lipinski definition) is 1. The number of hydrogen-bond acceptors (Lipinski definition) is 2. The first-order chi connectivity index (χ1) is 7.26. The van der Waals surface area contributed by atoms with E-state index in [2.05, 4.69) is 0 Å². The molecule has 1 unspecified atom stereocenters. The standard InChI is InChI=1S/C12H16FNO/c13-12(6-3-7-15-9-12)11-5-2-1-4-10(11)8-14/h1-2,4-5H,3,6-9,14H2. The zero-order valence-corrected chi connectivity index (χ0v) is 8.71. The van der Waals surface area contributed by atoms with Crippen molar-refractivity contribution in [2.75, 3.05) is 13.2 Å². The van der Waals surface area contributed by atoms with Crippen molar-refractivity contribution < 1.29 is 9.13 Å². The van der Waals surface area contributed by atoms with Crippen molar-refractivity contribution in [1.29, 1.82) is 0 Å². The number of nitrogens with two attached hydrogens (primary N) is 1. The summed E-state index contributed by atoms with van der Waals surface area (Å²) in [6.45, 7) is 1.20. The molecular weight excluding hydrogens is 193 g/mol. The third-order valence-corrected chi connectivity index (χ3v) is 2.91. The maximum absolute atomic E-state index is 14.6. The van der Waals surface area contributed by atoms with Gasteiger partial charge in [0.15, 0.2) is 5.67 Å². The lowest BCUT2D eigenvalue weighted by molar-refractivity contribution is -0.0352. The van der Waals surface area contributed by atoms with Crippen LogP contribution in [0.4, 0.5) is 4.39 Å². The van der Waals surface area contributed by atoms with Gasteiger partial charge in [0.2, 0.25) is 0 Å². The lowest BCUT2D eigenvalue weighted by atomic mass is 9.87. The Labute approximate surface area is 89.2 Å². The predicted octanol–water partition coefficient (Wildman–Crippen LogP) is 2.12. The van der Waals surface area contributed by atoms with Gasteiger partial charge in [-0.3, -0.25) is 0 Å². The van der Waals surface area contributed by atoms with Crippen molar-refractivity contribution >= 4 is 0 Å². The highest BCUT2D eigenvalue weighted by atomic mass is 19.1. The Balaban J connectivity index is 2.34. The van der Waals surface area contributed by atoms with Gasteiger partial charge in [-0.1, -0.05) is 24.3 Å². The number of benzene rings is 1. The third kappa shape index (κ3) is 2.03. The van der Waals surface area contributed by atoms with E-state index >= 15 is 0 Å². The van der Waals surface area contributed by atoms with E-state index in [1.165, 1.54) is 0 Å². The molecule has 0 amide bonds. The molecule has 2 N–H and O–H groups in total. The molecule has 0 radical (unpaired) electrons. The van der Waals surface area contributed by atoms with Crippen LogP contribution in [-0.2, 0) is 17.0 Å². The van der Waals surface area contributed by atoms with E-state index in [9.17, 15) is 4.39 Å². The molecule has 0 saturated carbocycles. The molecule has 2 nitrogen and oxygen atoms in total. The Kier molecular flexibility index (Phi) is 3.03.